The van der Waals surface area contributed by atoms with Crippen LogP contribution in [0, 0.1) is 9.56 Å². The predicted octanol–water partition coefficient (Wildman–Crippen LogP) is 2.95. The molecule has 18 heavy (non-hydrogen) atoms. The molecule has 0 aliphatic carbocycles. The van der Waals surface area contributed by atoms with Gasteiger partial charge in [0.15, 0.2) is 0 Å². The van der Waals surface area contributed by atoms with Gasteiger partial charge in [0.1, 0.15) is 0 Å². The van der Waals surface area contributed by atoms with Crippen molar-refractivity contribution in [1.82, 2.24) is 0 Å². The number of nitrogens with one attached hydrogen (secondary N) is 2. The molecule has 0 heterocycles. The smallest absolute Gasteiger partial charge is 0.0314 e. The van der Waals surface area contributed by atoms with Crippen LogP contribution < -0.4 is 11.5 Å². The molecule has 2 aromatic rings. The van der Waals surface area contributed by atoms with E-state index < -0.39 is 19.4 Å². The Morgan fingerprint density at radius 1 is 0.611 bits per heavy atom. The fourth-order valence-corrected chi connectivity index (χ4v) is 4.35. The lowest BCUT2D eigenvalue weighted by Gasteiger charge is -2.09. The monoisotopic (exact) mass is 278 g/mol. The Bertz CT molecular complexity index is 535. The molecule has 0 radical (unpaired) electrons. The van der Waals surface area contributed by atoms with E-state index in [1.54, 1.807) is 24.3 Å². The standard InChI is InChI=1S/C12H14N4S2/c13-9-1-5-11(6-2-9)17(15)18(16)12-7-3-10(14)4-8-12/h1-8,15-16H,13-14H2. The van der Waals surface area contributed by atoms with Gasteiger partial charge in [-0.2, -0.15) is 0 Å². The fourth-order valence-electron chi connectivity index (χ4n) is 1.38. The average Bonchev–Trinajstić information content (AvgIpc) is 2.39. The number of benzene rings is 2. The third kappa shape index (κ3) is 2.77. The van der Waals surface area contributed by atoms with Gasteiger partial charge in [-0.3, -0.25) is 9.56 Å². The van der Waals surface area contributed by atoms with Gasteiger partial charge in [-0.25, -0.2) is 0 Å². The maximum Gasteiger partial charge on any atom is 0.0314 e. The summed E-state index contributed by atoms with van der Waals surface area (Å²) in [5, 5.41) is 0. The normalized spacial score (nSPS) is 14.0. The van der Waals surface area contributed by atoms with Gasteiger partial charge in [0.2, 0.25) is 0 Å². The van der Waals surface area contributed by atoms with Crippen molar-refractivity contribution in [3.05, 3.63) is 48.5 Å². The van der Waals surface area contributed by atoms with E-state index in [1.807, 2.05) is 24.3 Å². The summed E-state index contributed by atoms with van der Waals surface area (Å²) in [6.07, 6.45) is 0. The molecule has 2 aromatic carbocycles. The van der Waals surface area contributed by atoms with Crippen LogP contribution in [0.4, 0.5) is 11.4 Å². The molecular formula is C12H14N4S2. The highest BCUT2D eigenvalue weighted by atomic mass is 33.1. The lowest BCUT2D eigenvalue weighted by Crippen LogP contribution is -1.99. The van der Waals surface area contributed by atoms with E-state index in [9.17, 15) is 0 Å². The van der Waals surface area contributed by atoms with E-state index >= 15 is 0 Å². The van der Waals surface area contributed by atoms with Gasteiger partial charge in [-0.05, 0) is 48.5 Å². The largest absolute Gasteiger partial charge is 0.399 e. The van der Waals surface area contributed by atoms with Crippen molar-refractivity contribution in [3.8, 4) is 0 Å². The van der Waals surface area contributed by atoms with E-state index in [1.165, 1.54) is 0 Å². The van der Waals surface area contributed by atoms with Gasteiger partial charge in [-0.1, -0.05) is 0 Å². The van der Waals surface area contributed by atoms with Gasteiger partial charge in [-0.15, -0.1) is 0 Å². The minimum atomic E-state index is -0.896. The van der Waals surface area contributed by atoms with Crippen LogP contribution in [-0.4, -0.2) is 0 Å². The predicted molar refractivity (Wildman–Crippen MR) is 78.4 cm³/mol. The molecule has 6 heteroatoms. The summed E-state index contributed by atoms with van der Waals surface area (Å²) in [7, 11) is -1.79. The minimum absolute atomic E-state index is 0.674. The van der Waals surface area contributed by atoms with Crippen LogP contribution in [0.2, 0.25) is 0 Å². The molecule has 0 aromatic heterocycles. The van der Waals surface area contributed by atoms with Crippen molar-refractivity contribution in [1.29, 1.82) is 9.56 Å². The minimum Gasteiger partial charge on any atom is -0.399 e. The van der Waals surface area contributed by atoms with Gasteiger partial charge in [0, 0.05) is 40.6 Å². The number of nitrogens with two attached hydrogens (primary N) is 2. The van der Waals surface area contributed by atoms with Crippen LogP contribution in [0.5, 0.6) is 0 Å². The molecule has 2 atom stereocenters. The lowest BCUT2D eigenvalue weighted by atomic mass is 10.3. The van der Waals surface area contributed by atoms with Crippen LogP contribution >= 0.6 is 0 Å². The Hall–Kier alpha value is -1.66. The Balaban J connectivity index is 2.26. The van der Waals surface area contributed by atoms with E-state index in [0.29, 0.717) is 11.4 Å². The topological polar surface area (TPSA) is 99.7 Å². The second-order valence-corrected chi connectivity index (χ2v) is 7.69. The maximum atomic E-state index is 8.16. The first-order chi connectivity index (χ1) is 8.58. The van der Waals surface area contributed by atoms with E-state index in [0.717, 1.165) is 9.79 Å². The Labute approximate surface area is 110 Å². The van der Waals surface area contributed by atoms with Crippen molar-refractivity contribution in [3.63, 3.8) is 0 Å². The molecular weight excluding hydrogens is 264 g/mol. The number of hydrogen-bond donors (Lipinski definition) is 4. The third-order valence-corrected chi connectivity index (χ3v) is 6.24. The zero-order valence-corrected chi connectivity index (χ0v) is 11.2. The summed E-state index contributed by atoms with van der Waals surface area (Å²) in [6.45, 7) is 0. The van der Waals surface area contributed by atoms with Crippen molar-refractivity contribution >= 4 is 30.8 Å². The summed E-state index contributed by atoms with van der Waals surface area (Å²) < 4.78 is 16.3. The second kappa shape index (κ2) is 5.32. The van der Waals surface area contributed by atoms with Crippen molar-refractivity contribution in [2.24, 2.45) is 0 Å². The summed E-state index contributed by atoms with van der Waals surface area (Å²) in [4.78, 5) is 1.67. The first-order valence-electron chi connectivity index (χ1n) is 5.20. The van der Waals surface area contributed by atoms with E-state index in [4.69, 9.17) is 21.0 Å². The number of hydrogen-bond acceptors (Lipinski definition) is 4. The molecule has 0 saturated carbocycles. The molecule has 2 unspecified atom stereocenters. The van der Waals surface area contributed by atoms with Gasteiger partial charge in [0.05, 0.1) is 0 Å². The summed E-state index contributed by atoms with van der Waals surface area (Å²) in [5.74, 6) is 0. The van der Waals surface area contributed by atoms with Gasteiger partial charge >= 0.3 is 0 Å². The zero-order chi connectivity index (χ0) is 13.1. The SMILES string of the molecule is N=S(c1ccc(N)cc1)S(=N)c1ccc(N)cc1. The lowest BCUT2D eigenvalue weighted by molar-refractivity contribution is 1.42. The highest BCUT2D eigenvalue weighted by molar-refractivity contribution is 8.61. The van der Waals surface area contributed by atoms with Crippen molar-refractivity contribution in [2.75, 3.05) is 11.5 Å². The van der Waals surface area contributed by atoms with Crippen LogP contribution in [0.3, 0.4) is 0 Å². The van der Waals surface area contributed by atoms with Crippen LogP contribution in [0.15, 0.2) is 58.3 Å². The number of rotatable bonds is 3. The van der Waals surface area contributed by atoms with Crippen molar-refractivity contribution in [2.45, 2.75) is 9.79 Å². The average molecular weight is 278 g/mol. The molecule has 0 aliphatic heterocycles. The van der Waals surface area contributed by atoms with E-state index in [2.05, 4.69) is 0 Å². The first-order valence-corrected chi connectivity index (χ1v) is 8.17. The molecule has 4 nitrogen and oxygen atoms in total. The van der Waals surface area contributed by atoms with Crippen molar-refractivity contribution < 1.29 is 0 Å². The number of anilines is 2. The molecule has 2 rings (SSSR count). The Morgan fingerprint density at radius 2 is 0.889 bits per heavy atom. The van der Waals surface area contributed by atoms with E-state index in [-0.39, 0.29) is 0 Å². The quantitative estimate of drug-likeness (QED) is 0.512. The molecule has 0 aliphatic rings. The summed E-state index contributed by atoms with van der Waals surface area (Å²) in [5.41, 5.74) is 12.6. The summed E-state index contributed by atoms with van der Waals surface area (Å²) >= 11 is 0. The maximum absolute atomic E-state index is 8.16. The van der Waals surface area contributed by atoms with Crippen LogP contribution in [-0.2, 0) is 19.4 Å². The summed E-state index contributed by atoms with van der Waals surface area (Å²) in [6, 6.07) is 14.3. The van der Waals surface area contributed by atoms with Gasteiger partial charge in [0.25, 0.3) is 0 Å². The number of nitrogen functional groups attached to an aromatic ring is 2. The van der Waals surface area contributed by atoms with Crippen LogP contribution in [0.1, 0.15) is 0 Å². The fraction of sp³-hybridized carbons (Fsp3) is 0. The second-order valence-electron chi connectivity index (χ2n) is 3.68. The first kappa shape index (κ1) is 12.8. The molecule has 0 spiro atoms. The van der Waals surface area contributed by atoms with Crippen LogP contribution in [0.25, 0.3) is 0 Å². The zero-order valence-electron chi connectivity index (χ0n) is 9.59. The molecule has 0 saturated heterocycles. The molecule has 94 valence electrons. The Kier molecular flexibility index (Phi) is 3.78. The molecule has 0 bridgehead atoms. The third-order valence-electron chi connectivity index (χ3n) is 2.36. The highest BCUT2D eigenvalue weighted by Crippen LogP contribution is 2.20. The molecule has 6 N–H and O–H groups in total. The Morgan fingerprint density at radius 3 is 1.17 bits per heavy atom. The highest BCUT2D eigenvalue weighted by Gasteiger charge is 2.07. The van der Waals surface area contributed by atoms with Gasteiger partial charge < -0.3 is 11.5 Å². The molecule has 0 amide bonds. The molecule has 0 fully saturated rings.